The van der Waals surface area contributed by atoms with Crippen LogP contribution in [0.4, 0.5) is 0 Å². The van der Waals surface area contributed by atoms with Gasteiger partial charge in [-0.25, -0.2) is 0 Å². The van der Waals surface area contributed by atoms with Gasteiger partial charge >= 0.3 is 0 Å². The van der Waals surface area contributed by atoms with Crippen LogP contribution in [0.25, 0.3) is 0 Å². The van der Waals surface area contributed by atoms with Crippen LogP contribution in [-0.2, 0) is 14.3 Å². The monoisotopic (exact) mass is 333 g/mol. The van der Waals surface area contributed by atoms with Crippen molar-refractivity contribution in [1.82, 2.24) is 4.90 Å². The maximum atomic E-state index is 11.1. The number of hydrogen-bond donors (Lipinski definition) is 0. The lowest BCUT2D eigenvalue weighted by Gasteiger charge is -2.55. The number of ether oxygens (including phenoxy) is 2. The molecule has 1 aliphatic carbocycles. The van der Waals surface area contributed by atoms with Crippen molar-refractivity contribution >= 4 is 6.29 Å². The molecule has 2 saturated heterocycles. The second-order valence-corrected chi connectivity index (χ2v) is 8.24. The third-order valence-electron chi connectivity index (χ3n) is 7.06. The Hall–Kier alpha value is -0.710. The lowest BCUT2D eigenvalue weighted by Crippen LogP contribution is -2.61. The Bertz CT molecular complexity index is 499. The van der Waals surface area contributed by atoms with Crippen LogP contribution in [0.3, 0.4) is 0 Å². The van der Waals surface area contributed by atoms with Gasteiger partial charge in [-0.1, -0.05) is 25.8 Å². The predicted octanol–water partition coefficient (Wildman–Crippen LogP) is 3.31. The SMILES string of the molecule is C[C@@H](CC=O)[C@H]1CCC[C@]12CCC[C@@H]1CC=C(C3OCCO3)CN12. The van der Waals surface area contributed by atoms with E-state index in [1.54, 1.807) is 0 Å². The average Bonchev–Trinajstić information content (AvgIpc) is 3.26. The van der Waals surface area contributed by atoms with Crippen LogP contribution in [0.5, 0.6) is 0 Å². The van der Waals surface area contributed by atoms with Gasteiger partial charge in [-0.15, -0.1) is 0 Å². The first-order chi connectivity index (χ1) is 11.7. The highest BCUT2D eigenvalue weighted by Gasteiger charge is 2.53. The van der Waals surface area contributed by atoms with Crippen LogP contribution in [0.15, 0.2) is 11.6 Å². The molecule has 4 heteroatoms. The first-order valence-electron chi connectivity index (χ1n) is 9.87. The summed E-state index contributed by atoms with van der Waals surface area (Å²) in [6.07, 6.45) is 13.1. The molecule has 0 aromatic carbocycles. The molecule has 3 aliphatic heterocycles. The molecule has 4 nitrogen and oxygen atoms in total. The lowest BCUT2D eigenvalue weighted by molar-refractivity contribution is -0.109. The van der Waals surface area contributed by atoms with Crippen LogP contribution >= 0.6 is 0 Å². The lowest BCUT2D eigenvalue weighted by atomic mass is 9.69. The number of nitrogens with zero attached hydrogens (tertiary/aromatic N) is 1. The Morgan fingerprint density at radius 1 is 1.29 bits per heavy atom. The Kier molecular flexibility index (Phi) is 4.81. The molecule has 134 valence electrons. The third-order valence-corrected chi connectivity index (χ3v) is 7.06. The van der Waals surface area contributed by atoms with Crippen molar-refractivity contribution < 1.29 is 14.3 Å². The smallest absolute Gasteiger partial charge is 0.181 e. The topological polar surface area (TPSA) is 38.8 Å². The van der Waals surface area contributed by atoms with Gasteiger partial charge in [-0.05, 0) is 49.5 Å². The normalized spacial score (nSPS) is 39.0. The zero-order valence-corrected chi connectivity index (χ0v) is 14.9. The molecule has 3 heterocycles. The molecule has 1 saturated carbocycles. The molecule has 4 aliphatic rings. The van der Waals surface area contributed by atoms with Gasteiger partial charge < -0.3 is 14.3 Å². The molecule has 1 spiro atoms. The quantitative estimate of drug-likeness (QED) is 0.584. The summed E-state index contributed by atoms with van der Waals surface area (Å²) in [6.45, 7) is 4.73. The van der Waals surface area contributed by atoms with Gasteiger partial charge in [0.1, 0.15) is 6.29 Å². The number of piperidine rings is 1. The average molecular weight is 333 g/mol. The maximum absolute atomic E-state index is 11.1. The summed E-state index contributed by atoms with van der Waals surface area (Å²) in [5, 5.41) is 0. The molecule has 0 aromatic heterocycles. The minimum atomic E-state index is -0.114. The number of rotatable bonds is 4. The summed E-state index contributed by atoms with van der Waals surface area (Å²) in [4.78, 5) is 13.9. The predicted molar refractivity (Wildman–Crippen MR) is 92.7 cm³/mol. The fraction of sp³-hybridized carbons (Fsp3) is 0.850. The van der Waals surface area contributed by atoms with Crippen LogP contribution in [-0.4, -0.2) is 48.8 Å². The number of aldehydes is 1. The molecule has 0 unspecified atom stereocenters. The van der Waals surface area contributed by atoms with Crippen molar-refractivity contribution in [1.29, 1.82) is 0 Å². The highest BCUT2D eigenvalue weighted by atomic mass is 16.7. The van der Waals surface area contributed by atoms with Crippen LogP contribution < -0.4 is 0 Å². The first-order valence-corrected chi connectivity index (χ1v) is 9.87. The van der Waals surface area contributed by atoms with E-state index in [1.165, 1.54) is 44.1 Å². The number of hydrogen-bond acceptors (Lipinski definition) is 4. The fourth-order valence-electron chi connectivity index (χ4n) is 6.01. The Labute approximate surface area is 145 Å². The summed E-state index contributed by atoms with van der Waals surface area (Å²) in [5.41, 5.74) is 1.64. The minimum Gasteiger partial charge on any atom is -0.346 e. The van der Waals surface area contributed by atoms with E-state index in [9.17, 15) is 4.79 Å². The van der Waals surface area contributed by atoms with Crippen molar-refractivity contribution in [3.8, 4) is 0 Å². The third kappa shape index (κ3) is 2.77. The van der Waals surface area contributed by atoms with Gasteiger partial charge in [-0.3, -0.25) is 4.90 Å². The second-order valence-electron chi connectivity index (χ2n) is 8.24. The Balaban J connectivity index is 1.58. The molecular formula is C20H31NO3. The van der Waals surface area contributed by atoms with Crippen molar-refractivity contribution in [2.24, 2.45) is 11.8 Å². The molecular weight excluding hydrogens is 302 g/mol. The summed E-state index contributed by atoms with van der Waals surface area (Å²) in [6, 6.07) is 0.674. The highest BCUT2D eigenvalue weighted by molar-refractivity contribution is 5.49. The molecule has 0 amide bonds. The Morgan fingerprint density at radius 2 is 2.04 bits per heavy atom. The highest BCUT2D eigenvalue weighted by Crippen LogP contribution is 2.52. The summed E-state index contributed by atoms with van der Waals surface area (Å²) in [7, 11) is 0. The van der Waals surface area contributed by atoms with E-state index in [2.05, 4.69) is 17.9 Å². The molecule has 4 atom stereocenters. The van der Waals surface area contributed by atoms with E-state index < -0.39 is 0 Å². The van der Waals surface area contributed by atoms with E-state index in [0.29, 0.717) is 29.8 Å². The van der Waals surface area contributed by atoms with Crippen molar-refractivity contribution in [2.45, 2.75) is 76.2 Å². The van der Waals surface area contributed by atoms with Gasteiger partial charge in [0, 0.05) is 24.5 Å². The maximum Gasteiger partial charge on any atom is 0.181 e. The molecule has 0 radical (unpaired) electrons. The van der Waals surface area contributed by atoms with Gasteiger partial charge in [0.2, 0.25) is 0 Å². The van der Waals surface area contributed by atoms with E-state index in [0.717, 1.165) is 32.5 Å². The fourth-order valence-corrected chi connectivity index (χ4v) is 6.01. The van der Waals surface area contributed by atoms with Crippen LogP contribution in [0.1, 0.15) is 58.3 Å². The molecule has 3 fully saturated rings. The van der Waals surface area contributed by atoms with E-state index in [1.807, 2.05) is 0 Å². The molecule has 0 aromatic rings. The van der Waals surface area contributed by atoms with E-state index >= 15 is 0 Å². The zero-order chi connectivity index (χ0) is 16.6. The van der Waals surface area contributed by atoms with Crippen molar-refractivity contribution in [3.05, 3.63) is 11.6 Å². The summed E-state index contributed by atoms with van der Waals surface area (Å²) in [5.74, 6) is 1.16. The standard InChI is InChI=1S/C20H31NO3/c1-15(8-11-22)18-5-3-10-20(18)9-2-4-17-7-6-16(14-21(17)20)19-23-12-13-24-19/h6,11,15,17-19H,2-5,7-10,12-14H2,1H3/t15-,17+,18+,20+/m0/s1. The number of carbonyl (C=O) groups is 1. The van der Waals surface area contributed by atoms with Gasteiger partial charge in [0.05, 0.1) is 13.2 Å². The van der Waals surface area contributed by atoms with Gasteiger partial charge in [0.25, 0.3) is 0 Å². The Morgan fingerprint density at radius 3 is 2.79 bits per heavy atom. The first kappa shape index (κ1) is 16.7. The number of fused-ring (bicyclic) bond motifs is 2. The zero-order valence-electron chi connectivity index (χ0n) is 14.9. The number of carbonyl (C=O) groups excluding carboxylic acids is 1. The molecule has 0 bridgehead atoms. The van der Waals surface area contributed by atoms with Gasteiger partial charge in [-0.2, -0.15) is 0 Å². The molecule has 24 heavy (non-hydrogen) atoms. The second kappa shape index (κ2) is 6.89. The van der Waals surface area contributed by atoms with E-state index in [-0.39, 0.29) is 6.29 Å². The summed E-state index contributed by atoms with van der Waals surface area (Å²) >= 11 is 0. The molecule has 0 N–H and O–H groups in total. The van der Waals surface area contributed by atoms with E-state index in [4.69, 9.17) is 9.47 Å². The molecule has 4 rings (SSSR count). The van der Waals surface area contributed by atoms with Crippen LogP contribution in [0.2, 0.25) is 0 Å². The van der Waals surface area contributed by atoms with Gasteiger partial charge in [0.15, 0.2) is 6.29 Å². The van der Waals surface area contributed by atoms with Crippen molar-refractivity contribution in [3.63, 3.8) is 0 Å². The van der Waals surface area contributed by atoms with Crippen LogP contribution in [0, 0.1) is 11.8 Å². The van der Waals surface area contributed by atoms with Crippen molar-refractivity contribution in [2.75, 3.05) is 19.8 Å². The summed E-state index contributed by atoms with van der Waals surface area (Å²) < 4.78 is 11.5. The minimum absolute atomic E-state index is 0.114. The largest absolute Gasteiger partial charge is 0.346 e.